The Kier molecular flexibility index (Phi) is 2.31. The number of hydrogen-bond donors (Lipinski definition) is 1. The molecule has 0 aliphatic heterocycles. The van der Waals surface area contributed by atoms with Crippen LogP contribution in [0.25, 0.3) is 0 Å². The predicted octanol–water partition coefficient (Wildman–Crippen LogP) is 0.637. The number of hydrogen-bond acceptors (Lipinski definition) is 2. The summed E-state index contributed by atoms with van der Waals surface area (Å²) in [6.45, 7) is 0.109. The Labute approximate surface area is 73.3 Å². The van der Waals surface area contributed by atoms with Crippen LogP contribution in [0.15, 0.2) is 12.3 Å². The van der Waals surface area contributed by atoms with Crippen LogP contribution in [-0.4, -0.2) is 21.6 Å². The Hall–Kier alpha value is -1.46. The zero-order valence-corrected chi connectivity index (χ0v) is 7.00. The third kappa shape index (κ3) is 2.50. The minimum absolute atomic E-state index is 0.0125. The van der Waals surface area contributed by atoms with E-state index in [1.54, 1.807) is 0 Å². The molecule has 0 aromatic carbocycles. The average molecular weight is 189 g/mol. The summed E-state index contributed by atoms with van der Waals surface area (Å²) in [7, 11) is 0. The van der Waals surface area contributed by atoms with Gasteiger partial charge in [-0.05, 0) is 6.07 Å². The van der Waals surface area contributed by atoms with Crippen LogP contribution in [0, 0.1) is 0 Å². The Morgan fingerprint density at radius 2 is 2.38 bits per heavy atom. The summed E-state index contributed by atoms with van der Waals surface area (Å²) in [4.78, 5) is 10.7. The van der Waals surface area contributed by atoms with Gasteiger partial charge in [-0.2, -0.15) is 5.10 Å². The van der Waals surface area contributed by atoms with Crippen molar-refractivity contribution in [3.8, 4) is 0 Å². The Bertz CT molecular complexity index is 316. The summed E-state index contributed by atoms with van der Waals surface area (Å²) in [5.74, 6) is -3.67. The summed E-state index contributed by atoms with van der Waals surface area (Å²) in [6.07, 6.45) is 1.26. The first-order valence-electron chi connectivity index (χ1n) is 3.59. The summed E-state index contributed by atoms with van der Waals surface area (Å²) in [5, 5.41) is 3.56. The van der Waals surface area contributed by atoms with Crippen LogP contribution in [0.3, 0.4) is 0 Å². The number of halogens is 2. The third-order valence-corrected chi connectivity index (χ3v) is 1.40. The first-order chi connectivity index (χ1) is 5.90. The summed E-state index contributed by atoms with van der Waals surface area (Å²) in [6, 6.07) is 1.30. The molecule has 0 aliphatic carbocycles. The molecule has 1 heterocycles. The van der Waals surface area contributed by atoms with E-state index in [4.69, 9.17) is 5.73 Å². The molecule has 1 aromatic rings. The van der Waals surface area contributed by atoms with Gasteiger partial charge in [0.25, 0.3) is 11.8 Å². The van der Waals surface area contributed by atoms with Crippen LogP contribution >= 0.6 is 0 Å². The van der Waals surface area contributed by atoms with Crippen molar-refractivity contribution in [2.75, 3.05) is 0 Å². The van der Waals surface area contributed by atoms with E-state index in [1.165, 1.54) is 12.3 Å². The number of carbonyl (C=O) groups excluding carboxylic acids is 1. The molecule has 0 fully saturated rings. The van der Waals surface area contributed by atoms with Gasteiger partial charge >= 0.3 is 0 Å². The van der Waals surface area contributed by atoms with Crippen molar-refractivity contribution in [3.05, 3.63) is 18.0 Å². The topological polar surface area (TPSA) is 60.9 Å². The van der Waals surface area contributed by atoms with E-state index in [2.05, 4.69) is 5.10 Å². The molecule has 0 radical (unpaired) electrons. The van der Waals surface area contributed by atoms with Crippen molar-refractivity contribution in [3.63, 3.8) is 0 Å². The van der Waals surface area contributed by atoms with Crippen molar-refractivity contribution in [2.45, 2.75) is 19.4 Å². The Morgan fingerprint density at radius 1 is 1.77 bits per heavy atom. The van der Waals surface area contributed by atoms with Crippen molar-refractivity contribution in [1.29, 1.82) is 0 Å². The molecule has 13 heavy (non-hydrogen) atoms. The average Bonchev–Trinajstić information content (AvgIpc) is 2.31. The maximum Gasteiger partial charge on any atom is 0.266 e. The monoisotopic (exact) mass is 189 g/mol. The standard InChI is InChI=1S/C7H9F2N3O/c1-7(8,9)4-12-5(6(10)13)2-3-11-12/h2-3H,4H2,1H3,(H2,10,13). The zero-order valence-electron chi connectivity index (χ0n) is 7.00. The second-order valence-electron chi connectivity index (χ2n) is 2.81. The predicted molar refractivity (Wildman–Crippen MR) is 41.4 cm³/mol. The van der Waals surface area contributed by atoms with E-state index < -0.39 is 18.4 Å². The lowest BCUT2D eigenvalue weighted by Gasteiger charge is -2.11. The highest BCUT2D eigenvalue weighted by Crippen LogP contribution is 2.15. The fourth-order valence-electron chi connectivity index (χ4n) is 0.931. The fraction of sp³-hybridized carbons (Fsp3) is 0.429. The molecular weight excluding hydrogens is 180 g/mol. The summed E-state index contributed by atoms with van der Waals surface area (Å²) >= 11 is 0. The highest BCUT2D eigenvalue weighted by Gasteiger charge is 2.24. The van der Waals surface area contributed by atoms with Gasteiger partial charge in [-0.25, -0.2) is 8.78 Å². The minimum atomic E-state index is -2.91. The highest BCUT2D eigenvalue weighted by molar-refractivity contribution is 5.90. The maximum absolute atomic E-state index is 12.5. The molecule has 72 valence electrons. The molecule has 0 saturated heterocycles. The highest BCUT2D eigenvalue weighted by atomic mass is 19.3. The smallest absolute Gasteiger partial charge is 0.266 e. The first-order valence-corrected chi connectivity index (χ1v) is 3.59. The van der Waals surface area contributed by atoms with E-state index in [0.717, 1.165) is 11.6 Å². The van der Waals surface area contributed by atoms with Crippen LogP contribution in [0.1, 0.15) is 17.4 Å². The van der Waals surface area contributed by atoms with Gasteiger partial charge < -0.3 is 5.73 Å². The number of nitrogens with zero attached hydrogens (tertiary/aromatic N) is 2. The van der Waals surface area contributed by atoms with E-state index in [9.17, 15) is 13.6 Å². The zero-order chi connectivity index (χ0) is 10.1. The van der Waals surface area contributed by atoms with Gasteiger partial charge in [-0.1, -0.05) is 0 Å². The number of rotatable bonds is 3. The van der Waals surface area contributed by atoms with Crippen LogP contribution in [0.2, 0.25) is 0 Å². The molecule has 2 N–H and O–H groups in total. The molecule has 6 heteroatoms. The van der Waals surface area contributed by atoms with Gasteiger partial charge in [-0.3, -0.25) is 9.48 Å². The van der Waals surface area contributed by atoms with Crippen molar-refractivity contribution in [2.24, 2.45) is 5.73 Å². The molecule has 0 bridgehead atoms. The van der Waals surface area contributed by atoms with Crippen molar-refractivity contribution < 1.29 is 13.6 Å². The quantitative estimate of drug-likeness (QED) is 0.758. The molecule has 0 atom stereocenters. The number of aromatic nitrogens is 2. The van der Waals surface area contributed by atoms with E-state index in [0.29, 0.717) is 0 Å². The first kappa shape index (κ1) is 9.63. The van der Waals surface area contributed by atoms with E-state index in [-0.39, 0.29) is 5.69 Å². The second kappa shape index (κ2) is 3.12. The minimum Gasteiger partial charge on any atom is -0.364 e. The molecule has 0 spiro atoms. The number of nitrogens with two attached hydrogens (primary N) is 1. The normalized spacial score (nSPS) is 11.6. The van der Waals surface area contributed by atoms with E-state index >= 15 is 0 Å². The molecule has 1 aromatic heterocycles. The van der Waals surface area contributed by atoms with Gasteiger partial charge in [0.1, 0.15) is 12.2 Å². The number of carbonyl (C=O) groups is 1. The van der Waals surface area contributed by atoms with Crippen LogP contribution in [-0.2, 0) is 6.54 Å². The number of primary amides is 1. The van der Waals surface area contributed by atoms with Crippen molar-refractivity contribution in [1.82, 2.24) is 9.78 Å². The SMILES string of the molecule is CC(F)(F)Cn1nccc1C(N)=O. The maximum atomic E-state index is 12.5. The molecule has 1 rings (SSSR count). The van der Waals surface area contributed by atoms with E-state index in [1.807, 2.05) is 0 Å². The summed E-state index contributed by atoms with van der Waals surface area (Å²) < 4.78 is 25.9. The van der Waals surface area contributed by atoms with Gasteiger partial charge in [0, 0.05) is 13.1 Å². The largest absolute Gasteiger partial charge is 0.364 e. The summed E-state index contributed by atoms with van der Waals surface area (Å²) in [5.41, 5.74) is 4.92. The Balaban J connectivity index is 2.89. The lowest BCUT2D eigenvalue weighted by molar-refractivity contribution is 0.0000761. The second-order valence-corrected chi connectivity index (χ2v) is 2.81. The van der Waals surface area contributed by atoms with Gasteiger partial charge in [-0.15, -0.1) is 0 Å². The van der Waals surface area contributed by atoms with Gasteiger partial charge in [0.15, 0.2) is 0 Å². The number of amides is 1. The molecule has 4 nitrogen and oxygen atoms in total. The lowest BCUT2D eigenvalue weighted by Crippen LogP contribution is -2.25. The molecule has 0 saturated carbocycles. The van der Waals surface area contributed by atoms with Crippen LogP contribution < -0.4 is 5.73 Å². The Morgan fingerprint density at radius 3 is 2.85 bits per heavy atom. The molecule has 0 aliphatic rings. The molecule has 1 amide bonds. The van der Waals surface area contributed by atoms with Crippen LogP contribution in [0.5, 0.6) is 0 Å². The van der Waals surface area contributed by atoms with Crippen LogP contribution in [0.4, 0.5) is 8.78 Å². The van der Waals surface area contributed by atoms with Crippen molar-refractivity contribution >= 4 is 5.91 Å². The fourth-order valence-corrected chi connectivity index (χ4v) is 0.931. The van der Waals surface area contributed by atoms with Gasteiger partial charge in [0.05, 0.1) is 0 Å². The third-order valence-electron chi connectivity index (χ3n) is 1.40. The van der Waals surface area contributed by atoms with Gasteiger partial charge in [0.2, 0.25) is 0 Å². The lowest BCUT2D eigenvalue weighted by atomic mass is 10.3. The molecule has 0 unspecified atom stereocenters. The molecular formula is C7H9F2N3O. The number of alkyl halides is 2.